The molecule has 0 radical (unpaired) electrons. The highest BCUT2D eigenvalue weighted by Crippen LogP contribution is 2.43. The van der Waals surface area contributed by atoms with Crippen molar-refractivity contribution in [2.24, 2.45) is 0 Å². The van der Waals surface area contributed by atoms with Crippen LogP contribution in [0, 0.1) is 0 Å². The van der Waals surface area contributed by atoms with Crippen molar-refractivity contribution in [3.8, 4) is 0 Å². The SMILES string of the molecule is COC(=O)c1cccc2c1SC(=Cc1ccccc1)C2=O. The van der Waals surface area contributed by atoms with E-state index in [-0.39, 0.29) is 5.78 Å². The van der Waals surface area contributed by atoms with Crippen LogP contribution < -0.4 is 0 Å². The van der Waals surface area contributed by atoms with Crippen LogP contribution in [0.3, 0.4) is 0 Å². The summed E-state index contributed by atoms with van der Waals surface area (Å²) in [5.41, 5.74) is 1.95. The zero-order chi connectivity index (χ0) is 14.8. The van der Waals surface area contributed by atoms with E-state index in [2.05, 4.69) is 0 Å². The van der Waals surface area contributed by atoms with Crippen molar-refractivity contribution >= 4 is 29.6 Å². The van der Waals surface area contributed by atoms with Crippen LogP contribution in [0.2, 0.25) is 0 Å². The van der Waals surface area contributed by atoms with E-state index < -0.39 is 5.97 Å². The molecule has 0 bridgehead atoms. The lowest BCUT2D eigenvalue weighted by Crippen LogP contribution is -2.04. The number of carbonyl (C=O) groups is 2. The number of hydrogen-bond acceptors (Lipinski definition) is 4. The fourth-order valence-electron chi connectivity index (χ4n) is 2.18. The van der Waals surface area contributed by atoms with Gasteiger partial charge in [0.2, 0.25) is 5.78 Å². The Morgan fingerprint density at radius 3 is 2.57 bits per heavy atom. The number of benzene rings is 2. The number of allylic oxidation sites excluding steroid dienone is 1. The molecule has 0 saturated heterocycles. The number of carbonyl (C=O) groups excluding carboxylic acids is 2. The number of ketones is 1. The van der Waals surface area contributed by atoms with Gasteiger partial charge in [0.05, 0.1) is 17.6 Å². The molecule has 0 fully saturated rings. The molecular formula is C17H12O3S. The number of hydrogen-bond donors (Lipinski definition) is 0. The minimum absolute atomic E-state index is 0.0513. The molecule has 3 rings (SSSR count). The maximum atomic E-state index is 12.4. The van der Waals surface area contributed by atoms with Crippen molar-refractivity contribution in [3.05, 3.63) is 70.1 Å². The van der Waals surface area contributed by atoms with Gasteiger partial charge in [0.25, 0.3) is 0 Å². The van der Waals surface area contributed by atoms with Gasteiger partial charge in [0.1, 0.15) is 0 Å². The Morgan fingerprint density at radius 1 is 1.10 bits per heavy atom. The van der Waals surface area contributed by atoms with Gasteiger partial charge in [-0.1, -0.05) is 48.2 Å². The van der Waals surface area contributed by atoms with E-state index in [0.29, 0.717) is 20.9 Å². The van der Waals surface area contributed by atoms with Crippen molar-refractivity contribution in [1.29, 1.82) is 0 Å². The van der Waals surface area contributed by atoms with Crippen LogP contribution in [0.1, 0.15) is 26.3 Å². The number of rotatable bonds is 2. The molecular weight excluding hydrogens is 284 g/mol. The molecule has 1 aliphatic rings. The molecule has 0 spiro atoms. The molecule has 1 aliphatic heterocycles. The topological polar surface area (TPSA) is 43.4 Å². The summed E-state index contributed by atoms with van der Waals surface area (Å²) < 4.78 is 4.77. The first-order valence-corrected chi connectivity index (χ1v) is 7.23. The zero-order valence-electron chi connectivity index (χ0n) is 11.3. The third-order valence-electron chi connectivity index (χ3n) is 3.20. The third kappa shape index (κ3) is 2.50. The minimum atomic E-state index is -0.423. The minimum Gasteiger partial charge on any atom is -0.465 e. The van der Waals surface area contributed by atoms with Gasteiger partial charge in [-0.25, -0.2) is 4.79 Å². The highest BCUT2D eigenvalue weighted by molar-refractivity contribution is 8.05. The lowest BCUT2D eigenvalue weighted by atomic mass is 10.1. The summed E-state index contributed by atoms with van der Waals surface area (Å²) >= 11 is 1.32. The molecule has 0 amide bonds. The molecule has 104 valence electrons. The smallest absolute Gasteiger partial charge is 0.339 e. The molecule has 0 atom stereocenters. The van der Waals surface area contributed by atoms with E-state index in [1.165, 1.54) is 18.9 Å². The number of Topliss-reactive ketones (excluding diaryl/α,β-unsaturated/α-hetero) is 1. The number of thioether (sulfide) groups is 1. The van der Waals surface area contributed by atoms with Gasteiger partial charge in [-0.3, -0.25) is 4.79 Å². The summed E-state index contributed by atoms with van der Waals surface area (Å²) in [7, 11) is 1.34. The van der Waals surface area contributed by atoms with Crippen molar-refractivity contribution in [2.45, 2.75) is 4.90 Å². The summed E-state index contributed by atoms with van der Waals surface area (Å²) in [5.74, 6) is -0.474. The van der Waals surface area contributed by atoms with Crippen LogP contribution in [-0.2, 0) is 4.74 Å². The van der Waals surface area contributed by atoms with Gasteiger partial charge >= 0.3 is 5.97 Å². The van der Waals surface area contributed by atoms with E-state index in [0.717, 1.165) is 5.56 Å². The van der Waals surface area contributed by atoms with E-state index in [9.17, 15) is 9.59 Å². The summed E-state index contributed by atoms with van der Waals surface area (Å²) in [6.45, 7) is 0. The zero-order valence-corrected chi connectivity index (χ0v) is 12.1. The van der Waals surface area contributed by atoms with Crippen molar-refractivity contribution < 1.29 is 14.3 Å². The first-order valence-electron chi connectivity index (χ1n) is 6.41. The molecule has 21 heavy (non-hydrogen) atoms. The molecule has 0 N–H and O–H groups in total. The fraction of sp³-hybridized carbons (Fsp3) is 0.0588. The second-order valence-corrected chi connectivity index (χ2v) is 5.58. The van der Waals surface area contributed by atoms with Gasteiger partial charge in [0.15, 0.2) is 0 Å². The maximum Gasteiger partial charge on any atom is 0.339 e. The molecule has 2 aromatic carbocycles. The van der Waals surface area contributed by atoms with Crippen LogP contribution in [0.4, 0.5) is 0 Å². The Kier molecular flexibility index (Phi) is 3.62. The average molecular weight is 296 g/mol. The second kappa shape index (κ2) is 5.58. The van der Waals surface area contributed by atoms with Crippen LogP contribution in [0.25, 0.3) is 6.08 Å². The molecule has 0 aliphatic carbocycles. The van der Waals surface area contributed by atoms with Crippen molar-refractivity contribution in [1.82, 2.24) is 0 Å². The average Bonchev–Trinajstić information content (AvgIpc) is 2.84. The normalized spacial score (nSPS) is 15.1. The molecule has 2 aromatic rings. The Balaban J connectivity index is 2.03. The standard InChI is InChI=1S/C17H12O3S/c1-20-17(19)13-9-5-8-12-15(18)14(21-16(12)13)10-11-6-3-2-4-7-11/h2-10H,1H3. The number of esters is 1. The van der Waals surface area contributed by atoms with Gasteiger partial charge in [-0.2, -0.15) is 0 Å². The Labute approximate surface area is 126 Å². The van der Waals surface area contributed by atoms with E-state index in [1.54, 1.807) is 18.2 Å². The quantitative estimate of drug-likeness (QED) is 0.624. The molecule has 0 aromatic heterocycles. The van der Waals surface area contributed by atoms with E-state index in [1.807, 2.05) is 36.4 Å². The van der Waals surface area contributed by atoms with Gasteiger partial charge in [0, 0.05) is 10.5 Å². The summed E-state index contributed by atoms with van der Waals surface area (Å²) in [4.78, 5) is 25.5. The largest absolute Gasteiger partial charge is 0.465 e. The van der Waals surface area contributed by atoms with Gasteiger partial charge in [-0.05, 0) is 23.8 Å². The van der Waals surface area contributed by atoms with Crippen molar-refractivity contribution in [3.63, 3.8) is 0 Å². The number of ether oxygens (including phenoxy) is 1. The third-order valence-corrected chi connectivity index (χ3v) is 4.37. The van der Waals surface area contributed by atoms with E-state index >= 15 is 0 Å². The predicted molar refractivity (Wildman–Crippen MR) is 82.4 cm³/mol. The summed E-state index contributed by atoms with van der Waals surface area (Å²) in [6.07, 6.45) is 1.84. The van der Waals surface area contributed by atoms with Crippen molar-refractivity contribution in [2.75, 3.05) is 7.11 Å². The van der Waals surface area contributed by atoms with Crippen LogP contribution in [0.5, 0.6) is 0 Å². The monoisotopic (exact) mass is 296 g/mol. The van der Waals surface area contributed by atoms with E-state index in [4.69, 9.17) is 4.74 Å². The first kappa shape index (κ1) is 13.6. The number of fused-ring (bicyclic) bond motifs is 1. The molecule has 1 heterocycles. The lowest BCUT2D eigenvalue weighted by Gasteiger charge is -2.03. The summed E-state index contributed by atoms with van der Waals surface area (Å²) in [6, 6.07) is 14.8. The van der Waals surface area contributed by atoms with Gasteiger partial charge < -0.3 is 4.74 Å². The van der Waals surface area contributed by atoms with Crippen LogP contribution >= 0.6 is 11.8 Å². The summed E-state index contributed by atoms with van der Waals surface area (Å²) in [5, 5.41) is 0. The Morgan fingerprint density at radius 2 is 1.86 bits per heavy atom. The Hall–Kier alpha value is -2.33. The van der Waals surface area contributed by atoms with Gasteiger partial charge in [-0.15, -0.1) is 0 Å². The van der Waals surface area contributed by atoms with Crippen LogP contribution in [-0.4, -0.2) is 18.9 Å². The number of methoxy groups -OCH3 is 1. The lowest BCUT2D eigenvalue weighted by molar-refractivity contribution is 0.0597. The first-order chi connectivity index (χ1) is 10.2. The second-order valence-electron chi connectivity index (χ2n) is 4.52. The maximum absolute atomic E-state index is 12.4. The predicted octanol–water partition coefficient (Wildman–Crippen LogP) is 3.80. The highest BCUT2D eigenvalue weighted by Gasteiger charge is 2.30. The molecule has 3 nitrogen and oxygen atoms in total. The highest BCUT2D eigenvalue weighted by atomic mass is 32.2. The fourth-order valence-corrected chi connectivity index (χ4v) is 3.33. The molecule has 0 saturated carbocycles. The van der Waals surface area contributed by atoms with Crippen LogP contribution in [0.15, 0.2) is 58.3 Å². The Bertz CT molecular complexity index is 748. The molecule has 0 unspecified atom stereocenters. The molecule has 4 heteroatoms.